The van der Waals surface area contributed by atoms with Gasteiger partial charge in [-0.3, -0.25) is 4.79 Å². The van der Waals surface area contributed by atoms with Gasteiger partial charge >= 0.3 is 0 Å². The van der Waals surface area contributed by atoms with E-state index in [1.54, 1.807) is 0 Å². The largest absolute Gasteiger partial charge is 0.392 e. The predicted octanol–water partition coefficient (Wildman–Crippen LogP) is 1.63. The number of hydrogen-bond donors (Lipinski definition) is 1. The number of likely N-dealkylation sites (tertiary alicyclic amines) is 1. The first-order valence-electron chi connectivity index (χ1n) is 7.14. The molecule has 1 heterocycles. The Morgan fingerprint density at radius 2 is 2.05 bits per heavy atom. The van der Waals surface area contributed by atoms with Crippen LogP contribution >= 0.6 is 12.2 Å². The molecule has 110 valence electrons. The van der Waals surface area contributed by atoms with Gasteiger partial charge in [-0.2, -0.15) is 0 Å². The molecule has 0 radical (unpaired) electrons. The molecule has 2 N–H and O–H groups in total. The molecule has 0 aliphatic carbocycles. The minimum absolute atomic E-state index is 0.0882. The molecule has 4 nitrogen and oxygen atoms in total. The molecule has 0 spiro atoms. The molecular formula is C14H27N3OS. The van der Waals surface area contributed by atoms with Gasteiger partial charge in [-0.25, -0.2) is 0 Å². The Morgan fingerprint density at radius 1 is 1.47 bits per heavy atom. The maximum absolute atomic E-state index is 12.8. The average molecular weight is 285 g/mol. The fourth-order valence-corrected chi connectivity index (χ4v) is 3.34. The van der Waals surface area contributed by atoms with Crippen molar-refractivity contribution < 1.29 is 4.79 Å². The van der Waals surface area contributed by atoms with Crippen molar-refractivity contribution >= 4 is 23.1 Å². The van der Waals surface area contributed by atoms with Gasteiger partial charge in [0.05, 0.1) is 10.4 Å². The van der Waals surface area contributed by atoms with Crippen LogP contribution in [0.5, 0.6) is 0 Å². The molecule has 0 aromatic rings. The average Bonchev–Trinajstić information content (AvgIpc) is 2.39. The molecule has 1 atom stereocenters. The number of piperidine rings is 1. The summed E-state index contributed by atoms with van der Waals surface area (Å²) >= 11 is 5.17. The zero-order chi connectivity index (χ0) is 14.6. The van der Waals surface area contributed by atoms with E-state index in [1.165, 1.54) is 0 Å². The highest BCUT2D eigenvalue weighted by molar-refractivity contribution is 7.80. The Morgan fingerprint density at radius 3 is 2.47 bits per heavy atom. The van der Waals surface area contributed by atoms with Gasteiger partial charge in [0.25, 0.3) is 0 Å². The molecule has 1 amide bonds. The van der Waals surface area contributed by atoms with Gasteiger partial charge in [0.15, 0.2) is 0 Å². The van der Waals surface area contributed by atoms with Gasteiger partial charge in [0, 0.05) is 19.6 Å². The molecule has 0 aromatic carbocycles. The first-order chi connectivity index (χ1) is 8.89. The third-order valence-corrected chi connectivity index (χ3v) is 4.95. The second-order valence-electron chi connectivity index (χ2n) is 5.63. The van der Waals surface area contributed by atoms with Crippen molar-refractivity contribution in [3.8, 4) is 0 Å². The molecule has 1 fully saturated rings. The van der Waals surface area contributed by atoms with Crippen LogP contribution in [-0.2, 0) is 4.79 Å². The van der Waals surface area contributed by atoms with Gasteiger partial charge in [-0.1, -0.05) is 26.1 Å². The first kappa shape index (κ1) is 16.4. The van der Waals surface area contributed by atoms with Crippen molar-refractivity contribution in [3.05, 3.63) is 0 Å². The van der Waals surface area contributed by atoms with E-state index in [0.717, 1.165) is 25.9 Å². The van der Waals surface area contributed by atoms with Gasteiger partial charge in [-0.05, 0) is 39.3 Å². The molecule has 1 unspecified atom stereocenters. The van der Waals surface area contributed by atoms with Crippen LogP contribution < -0.4 is 5.73 Å². The number of hydrogen-bond acceptors (Lipinski definition) is 3. The normalized spacial score (nSPS) is 21.2. The monoisotopic (exact) mass is 285 g/mol. The van der Waals surface area contributed by atoms with E-state index in [-0.39, 0.29) is 11.9 Å². The summed E-state index contributed by atoms with van der Waals surface area (Å²) in [5.41, 5.74) is 5.20. The fraction of sp³-hybridized carbons (Fsp3) is 0.857. The zero-order valence-corrected chi connectivity index (χ0v) is 13.4. The van der Waals surface area contributed by atoms with Crippen molar-refractivity contribution in [3.63, 3.8) is 0 Å². The van der Waals surface area contributed by atoms with Crippen molar-refractivity contribution in [2.24, 2.45) is 11.1 Å². The Labute approximate surface area is 122 Å². The molecule has 0 aromatic heterocycles. The minimum Gasteiger partial charge on any atom is -0.392 e. The van der Waals surface area contributed by atoms with Crippen LogP contribution in [0.1, 0.15) is 39.5 Å². The molecule has 1 rings (SSSR count). The summed E-state index contributed by atoms with van der Waals surface area (Å²) in [6, 6.07) is 0.276. The van der Waals surface area contributed by atoms with E-state index >= 15 is 0 Å². The number of amides is 1. The lowest BCUT2D eigenvalue weighted by Gasteiger charge is -2.40. The van der Waals surface area contributed by atoms with E-state index < -0.39 is 5.41 Å². The molecule has 0 bridgehead atoms. The van der Waals surface area contributed by atoms with E-state index in [1.807, 2.05) is 25.8 Å². The molecule has 0 saturated carbocycles. The van der Waals surface area contributed by atoms with Crippen LogP contribution in [0, 0.1) is 5.41 Å². The number of carbonyl (C=O) groups excluding carboxylic acids is 1. The zero-order valence-electron chi connectivity index (χ0n) is 12.6. The van der Waals surface area contributed by atoms with E-state index in [4.69, 9.17) is 18.0 Å². The lowest BCUT2D eigenvalue weighted by atomic mass is 9.80. The second kappa shape index (κ2) is 6.66. The number of likely N-dealkylation sites (N-methyl/N-ethyl adjacent to an activating group) is 2. The lowest BCUT2D eigenvalue weighted by molar-refractivity contribution is -0.140. The topological polar surface area (TPSA) is 49.6 Å². The Kier molecular flexibility index (Phi) is 5.74. The minimum atomic E-state index is -0.667. The van der Waals surface area contributed by atoms with Crippen molar-refractivity contribution in [1.29, 1.82) is 0 Å². The third-order valence-electron chi connectivity index (χ3n) is 4.56. The SMILES string of the molecule is CCC(CC)(C(=O)N(C)C1CCCN(C)C1)C(N)=S. The standard InChI is InChI=1S/C14H27N3OS/c1-5-14(6-2,12(15)19)13(18)17(4)11-8-7-9-16(3)10-11/h11H,5-10H2,1-4H3,(H2,15,19). The number of carbonyl (C=O) groups is 1. The van der Waals surface area contributed by atoms with E-state index in [2.05, 4.69) is 11.9 Å². The van der Waals surface area contributed by atoms with Crippen LogP contribution in [0.25, 0.3) is 0 Å². The highest BCUT2D eigenvalue weighted by Gasteiger charge is 2.42. The number of rotatable bonds is 5. The molecule has 1 aliphatic rings. The maximum Gasteiger partial charge on any atom is 0.235 e. The van der Waals surface area contributed by atoms with Crippen LogP contribution in [0.2, 0.25) is 0 Å². The van der Waals surface area contributed by atoms with Crippen molar-refractivity contribution in [2.45, 2.75) is 45.6 Å². The van der Waals surface area contributed by atoms with E-state index in [9.17, 15) is 4.79 Å². The Balaban J connectivity index is 2.87. The number of nitrogens with zero attached hydrogens (tertiary/aromatic N) is 2. The molecule has 19 heavy (non-hydrogen) atoms. The highest BCUT2D eigenvalue weighted by atomic mass is 32.1. The van der Waals surface area contributed by atoms with Gasteiger partial charge in [0.2, 0.25) is 5.91 Å². The fourth-order valence-electron chi connectivity index (χ4n) is 2.97. The molecule has 5 heteroatoms. The van der Waals surface area contributed by atoms with Gasteiger partial charge in [0.1, 0.15) is 0 Å². The molecule has 1 aliphatic heterocycles. The third kappa shape index (κ3) is 3.26. The van der Waals surface area contributed by atoms with Crippen LogP contribution in [0.15, 0.2) is 0 Å². The summed E-state index contributed by atoms with van der Waals surface area (Å²) in [6.45, 7) is 6.02. The quantitative estimate of drug-likeness (QED) is 0.780. The maximum atomic E-state index is 12.8. The summed E-state index contributed by atoms with van der Waals surface area (Å²) < 4.78 is 0. The summed E-state index contributed by atoms with van der Waals surface area (Å²) in [6.07, 6.45) is 3.54. The Bertz CT molecular complexity index is 342. The molecule has 1 saturated heterocycles. The summed E-state index contributed by atoms with van der Waals surface area (Å²) in [5.74, 6) is 0.0882. The van der Waals surface area contributed by atoms with Crippen LogP contribution in [0.3, 0.4) is 0 Å². The second-order valence-corrected chi connectivity index (χ2v) is 6.07. The lowest BCUT2D eigenvalue weighted by Crippen LogP contribution is -2.55. The molecular weight excluding hydrogens is 258 g/mol. The summed E-state index contributed by atoms with van der Waals surface area (Å²) in [7, 11) is 4.00. The predicted molar refractivity (Wildman–Crippen MR) is 83.1 cm³/mol. The number of nitrogens with two attached hydrogens (primary N) is 1. The van der Waals surface area contributed by atoms with Crippen molar-refractivity contribution in [1.82, 2.24) is 9.80 Å². The van der Waals surface area contributed by atoms with Gasteiger partial charge in [-0.15, -0.1) is 0 Å². The van der Waals surface area contributed by atoms with Gasteiger partial charge < -0.3 is 15.5 Å². The highest BCUT2D eigenvalue weighted by Crippen LogP contribution is 2.31. The van der Waals surface area contributed by atoms with Crippen LogP contribution in [-0.4, -0.2) is 53.9 Å². The van der Waals surface area contributed by atoms with E-state index in [0.29, 0.717) is 17.8 Å². The summed E-state index contributed by atoms with van der Waals surface area (Å²) in [4.78, 5) is 17.3. The smallest absolute Gasteiger partial charge is 0.235 e. The van der Waals surface area contributed by atoms with Crippen LogP contribution in [0.4, 0.5) is 0 Å². The summed E-state index contributed by atoms with van der Waals surface area (Å²) in [5, 5.41) is 0. The van der Waals surface area contributed by atoms with Crippen molar-refractivity contribution in [2.75, 3.05) is 27.2 Å². The number of thiocarbonyl (C=S) groups is 1. The Hall–Kier alpha value is -0.680. The first-order valence-corrected chi connectivity index (χ1v) is 7.55.